The van der Waals surface area contributed by atoms with Gasteiger partial charge >= 0.3 is 0 Å². The minimum absolute atomic E-state index is 0.773. The fourth-order valence-electron chi connectivity index (χ4n) is 0.721. The van der Waals surface area contributed by atoms with Gasteiger partial charge in [0, 0.05) is 5.88 Å². The van der Waals surface area contributed by atoms with Crippen molar-refractivity contribution >= 4 is 11.6 Å². The van der Waals surface area contributed by atoms with Crippen molar-refractivity contribution in [1.82, 2.24) is 5.32 Å². The molecule has 1 atom stereocenters. The molecule has 0 rings (SSSR count). The summed E-state index contributed by atoms with van der Waals surface area (Å²) in [6.07, 6.45) is 2.38. The molecule has 1 unspecified atom stereocenters. The fraction of sp³-hybridized carbons (Fsp3) is 1.00. The third kappa shape index (κ3) is 6.13. The lowest BCUT2D eigenvalue weighted by molar-refractivity contribution is 0.505. The molecule has 0 fully saturated rings. The van der Waals surface area contributed by atoms with Crippen molar-refractivity contribution in [1.29, 1.82) is 0 Å². The van der Waals surface area contributed by atoms with Crippen LogP contribution in [0.2, 0.25) is 0 Å². The highest BCUT2D eigenvalue weighted by Crippen LogP contribution is 2.06. The normalized spacial score (nSPS) is 13.7. The van der Waals surface area contributed by atoms with Gasteiger partial charge in [-0.15, -0.1) is 11.6 Å². The van der Waals surface area contributed by atoms with Crippen LogP contribution in [0.5, 0.6) is 0 Å². The van der Waals surface area contributed by atoms with E-state index < -0.39 is 0 Å². The first-order valence-electron chi connectivity index (χ1n) is 3.51. The SMILES string of the molecule is CNCCC(C)CCCl. The van der Waals surface area contributed by atoms with Crippen molar-refractivity contribution in [3.63, 3.8) is 0 Å². The molecule has 1 nitrogen and oxygen atoms in total. The van der Waals surface area contributed by atoms with Gasteiger partial charge in [0.2, 0.25) is 0 Å². The summed E-state index contributed by atoms with van der Waals surface area (Å²) in [5.74, 6) is 1.57. The van der Waals surface area contributed by atoms with E-state index in [1.54, 1.807) is 0 Å². The van der Waals surface area contributed by atoms with Crippen molar-refractivity contribution in [2.75, 3.05) is 19.5 Å². The molecular weight excluding hydrogens is 134 g/mol. The average molecular weight is 150 g/mol. The molecule has 0 radical (unpaired) electrons. The molecule has 2 heteroatoms. The van der Waals surface area contributed by atoms with Crippen LogP contribution in [-0.4, -0.2) is 19.5 Å². The largest absolute Gasteiger partial charge is 0.320 e. The number of halogens is 1. The Kier molecular flexibility index (Phi) is 6.55. The molecular formula is C7H16ClN. The van der Waals surface area contributed by atoms with E-state index in [1.165, 1.54) is 6.42 Å². The van der Waals surface area contributed by atoms with Gasteiger partial charge in [0.15, 0.2) is 0 Å². The predicted molar refractivity (Wildman–Crippen MR) is 43.0 cm³/mol. The van der Waals surface area contributed by atoms with Crippen LogP contribution in [0.15, 0.2) is 0 Å². The van der Waals surface area contributed by atoms with Crippen LogP contribution in [0, 0.1) is 5.92 Å². The molecule has 0 saturated heterocycles. The quantitative estimate of drug-likeness (QED) is 0.589. The lowest BCUT2D eigenvalue weighted by Gasteiger charge is -2.07. The van der Waals surface area contributed by atoms with E-state index in [0.29, 0.717) is 0 Å². The highest BCUT2D eigenvalue weighted by atomic mass is 35.5. The average Bonchev–Trinajstić information content (AvgIpc) is 1.85. The number of nitrogens with one attached hydrogen (secondary N) is 1. The van der Waals surface area contributed by atoms with Crippen molar-refractivity contribution in [2.24, 2.45) is 5.92 Å². The second-order valence-electron chi connectivity index (χ2n) is 2.48. The summed E-state index contributed by atoms with van der Waals surface area (Å²) in [4.78, 5) is 0. The topological polar surface area (TPSA) is 12.0 Å². The molecule has 0 aliphatic rings. The molecule has 0 aromatic heterocycles. The maximum absolute atomic E-state index is 5.55. The molecule has 0 amide bonds. The standard InChI is InChI=1S/C7H16ClN/c1-7(3-5-8)4-6-9-2/h7,9H,3-6H2,1-2H3. The number of rotatable bonds is 5. The first kappa shape index (κ1) is 9.25. The van der Waals surface area contributed by atoms with E-state index in [-0.39, 0.29) is 0 Å². The number of hydrogen-bond acceptors (Lipinski definition) is 1. The Morgan fingerprint density at radius 3 is 2.56 bits per heavy atom. The van der Waals surface area contributed by atoms with Crippen molar-refractivity contribution < 1.29 is 0 Å². The van der Waals surface area contributed by atoms with E-state index in [0.717, 1.165) is 24.8 Å². The third-order valence-electron chi connectivity index (χ3n) is 1.49. The molecule has 0 spiro atoms. The monoisotopic (exact) mass is 149 g/mol. The molecule has 0 aromatic rings. The maximum Gasteiger partial charge on any atom is 0.0225 e. The molecule has 0 saturated carbocycles. The van der Waals surface area contributed by atoms with E-state index >= 15 is 0 Å². The molecule has 1 N–H and O–H groups in total. The number of alkyl halides is 1. The first-order chi connectivity index (χ1) is 4.31. The van der Waals surface area contributed by atoms with Gasteiger partial charge in [-0.3, -0.25) is 0 Å². The lowest BCUT2D eigenvalue weighted by atomic mass is 10.1. The van der Waals surface area contributed by atoms with E-state index in [1.807, 2.05) is 7.05 Å². The highest BCUT2D eigenvalue weighted by molar-refractivity contribution is 6.17. The zero-order valence-electron chi connectivity index (χ0n) is 6.28. The summed E-state index contributed by atoms with van der Waals surface area (Å²) in [7, 11) is 1.98. The molecule has 0 bridgehead atoms. The van der Waals surface area contributed by atoms with Crippen LogP contribution in [0.4, 0.5) is 0 Å². The smallest absolute Gasteiger partial charge is 0.0225 e. The van der Waals surface area contributed by atoms with Crippen LogP contribution in [0.1, 0.15) is 19.8 Å². The van der Waals surface area contributed by atoms with Crippen molar-refractivity contribution in [3.8, 4) is 0 Å². The second kappa shape index (κ2) is 6.37. The summed E-state index contributed by atoms with van der Waals surface area (Å²) in [5, 5.41) is 3.11. The summed E-state index contributed by atoms with van der Waals surface area (Å²) < 4.78 is 0. The molecule has 0 aliphatic carbocycles. The Balaban J connectivity index is 2.95. The highest BCUT2D eigenvalue weighted by Gasteiger charge is 1.97. The molecule has 0 heterocycles. The Labute approximate surface area is 62.8 Å². The predicted octanol–water partition coefficient (Wildman–Crippen LogP) is 1.86. The third-order valence-corrected chi connectivity index (χ3v) is 1.71. The zero-order valence-corrected chi connectivity index (χ0v) is 7.04. The Morgan fingerprint density at radius 2 is 2.11 bits per heavy atom. The van der Waals surface area contributed by atoms with Gasteiger partial charge in [0.05, 0.1) is 0 Å². The minimum Gasteiger partial charge on any atom is -0.320 e. The minimum atomic E-state index is 0.773. The molecule has 56 valence electrons. The summed E-state index contributed by atoms with van der Waals surface area (Å²) in [6.45, 7) is 3.35. The lowest BCUT2D eigenvalue weighted by Crippen LogP contribution is -2.11. The first-order valence-corrected chi connectivity index (χ1v) is 4.05. The van der Waals surface area contributed by atoms with Crippen LogP contribution in [0.3, 0.4) is 0 Å². The van der Waals surface area contributed by atoms with Gasteiger partial charge in [0.25, 0.3) is 0 Å². The molecule has 0 aliphatic heterocycles. The van der Waals surface area contributed by atoms with Gasteiger partial charge in [-0.1, -0.05) is 6.92 Å². The Hall–Kier alpha value is 0.250. The molecule has 9 heavy (non-hydrogen) atoms. The van der Waals surface area contributed by atoms with E-state index in [2.05, 4.69) is 12.2 Å². The van der Waals surface area contributed by atoms with Crippen molar-refractivity contribution in [2.45, 2.75) is 19.8 Å². The van der Waals surface area contributed by atoms with Gasteiger partial charge in [-0.05, 0) is 32.4 Å². The van der Waals surface area contributed by atoms with Crippen molar-refractivity contribution in [3.05, 3.63) is 0 Å². The van der Waals surface area contributed by atoms with Gasteiger partial charge < -0.3 is 5.32 Å². The van der Waals surface area contributed by atoms with Crippen LogP contribution < -0.4 is 5.32 Å². The number of hydrogen-bond donors (Lipinski definition) is 1. The Bertz CT molecular complexity index is 56.9. The van der Waals surface area contributed by atoms with Gasteiger partial charge in [-0.2, -0.15) is 0 Å². The fourth-order valence-corrected chi connectivity index (χ4v) is 1.09. The van der Waals surface area contributed by atoms with Crippen LogP contribution >= 0.6 is 11.6 Å². The summed E-state index contributed by atoms with van der Waals surface area (Å²) in [5.41, 5.74) is 0. The summed E-state index contributed by atoms with van der Waals surface area (Å²) >= 11 is 5.55. The van der Waals surface area contributed by atoms with Crippen LogP contribution in [0.25, 0.3) is 0 Å². The van der Waals surface area contributed by atoms with Crippen LogP contribution in [-0.2, 0) is 0 Å². The second-order valence-corrected chi connectivity index (χ2v) is 2.85. The summed E-state index contributed by atoms with van der Waals surface area (Å²) in [6, 6.07) is 0. The zero-order chi connectivity index (χ0) is 7.11. The Morgan fingerprint density at radius 1 is 1.44 bits per heavy atom. The van der Waals surface area contributed by atoms with Gasteiger partial charge in [-0.25, -0.2) is 0 Å². The molecule has 0 aromatic carbocycles. The van der Waals surface area contributed by atoms with E-state index in [9.17, 15) is 0 Å². The van der Waals surface area contributed by atoms with E-state index in [4.69, 9.17) is 11.6 Å². The maximum atomic E-state index is 5.55. The van der Waals surface area contributed by atoms with Gasteiger partial charge in [0.1, 0.15) is 0 Å².